The zero-order valence-electron chi connectivity index (χ0n) is 11.6. The molecule has 0 aliphatic carbocycles. The van der Waals surface area contributed by atoms with Crippen LogP contribution in [-0.4, -0.2) is 23.3 Å². The Labute approximate surface area is 128 Å². The molecular formula is C14H17ClN4S. The van der Waals surface area contributed by atoms with E-state index in [9.17, 15) is 0 Å². The third-order valence-corrected chi connectivity index (χ3v) is 3.64. The number of benzene rings is 1. The third-order valence-electron chi connectivity index (χ3n) is 2.86. The molecule has 6 heteroatoms. The summed E-state index contributed by atoms with van der Waals surface area (Å²) < 4.78 is 0. The molecular weight excluding hydrogens is 292 g/mol. The van der Waals surface area contributed by atoms with Gasteiger partial charge in [0.1, 0.15) is 11.6 Å². The molecule has 1 heterocycles. The molecule has 20 heavy (non-hydrogen) atoms. The molecule has 2 N–H and O–H groups in total. The number of nitrogens with zero attached hydrogens (tertiary/aromatic N) is 2. The van der Waals surface area contributed by atoms with Gasteiger partial charge in [0.05, 0.1) is 0 Å². The van der Waals surface area contributed by atoms with Gasteiger partial charge in [-0.15, -0.1) is 0 Å². The Morgan fingerprint density at radius 3 is 2.60 bits per heavy atom. The van der Waals surface area contributed by atoms with Gasteiger partial charge < -0.3 is 10.6 Å². The van der Waals surface area contributed by atoms with Crippen molar-refractivity contribution in [2.45, 2.75) is 18.1 Å². The number of aromatic nitrogens is 2. The van der Waals surface area contributed by atoms with Gasteiger partial charge in [-0.25, -0.2) is 9.97 Å². The van der Waals surface area contributed by atoms with Gasteiger partial charge >= 0.3 is 0 Å². The Morgan fingerprint density at radius 2 is 1.95 bits per heavy atom. The zero-order valence-corrected chi connectivity index (χ0v) is 13.2. The van der Waals surface area contributed by atoms with Crippen LogP contribution >= 0.6 is 23.4 Å². The lowest BCUT2D eigenvalue weighted by Gasteiger charge is -2.16. The standard InChI is InChI=1S/C14H17ClN4S/c1-9(10-5-4-6-11(15)7-10)17-13-8-12(16-2)18-14(19-13)20-3/h4-9H,1-3H3,(H2,16,17,18,19). The highest BCUT2D eigenvalue weighted by Crippen LogP contribution is 2.23. The molecule has 1 unspecified atom stereocenters. The van der Waals surface area contributed by atoms with Gasteiger partial charge in [0, 0.05) is 24.2 Å². The van der Waals surface area contributed by atoms with Crippen molar-refractivity contribution in [2.75, 3.05) is 23.9 Å². The summed E-state index contributed by atoms with van der Waals surface area (Å²) in [5, 5.41) is 7.88. The lowest BCUT2D eigenvalue weighted by Crippen LogP contribution is -2.09. The molecule has 1 atom stereocenters. The number of hydrogen-bond donors (Lipinski definition) is 2. The van der Waals surface area contributed by atoms with E-state index < -0.39 is 0 Å². The summed E-state index contributed by atoms with van der Waals surface area (Å²) in [6.07, 6.45) is 1.96. The monoisotopic (exact) mass is 308 g/mol. The summed E-state index contributed by atoms with van der Waals surface area (Å²) in [7, 11) is 1.84. The molecule has 4 nitrogen and oxygen atoms in total. The molecule has 0 fully saturated rings. The van der Waals surface area contributed by atoms with Crippen molar-refractivity contribution in [1.82, 2.24) is 9.97 Å². The first-order chi connectivity index (χ1) is 9.62. The van der Waals surface area contributed by atoms with Gasteiger partial charge in [-0.3, -0.25) is 0 Å². The number of anilines is 2. The largest absolute Gasteiger partial charge is 0.373 e. The van der Waals surface area contributed by atoms with Crippen molar-refractivity contribution in [3.8, 4) is 0 Å². The first-order valence-electron chi connectivity index (χ1n) is 6.25. The van der Waals surface area contributed by atoms with Crippen LogP contribution in [0.2, 0.25) is 5.02 Å². The van der Waals surface area contributed by atoms with Gasteiger partial charge in [-0.1, -0.05) is 35.5 Å². The highest BCUT2D eigenvalue weighted by molar-refractivity contribution is 7.98. The fourth-order valence-electron chi connectivity index (χ4n) is 1.80. The topological polar surface area (TPSA) is 49.8 Å². The summed E-state index contributed by atoms with van der Waals surface area (Å²) >= 11 is 7.54. The number of nitrogens with one attached hydrogen (secondary N) is 2. The van der Waals surface area contributed by atoms with E-state index in [-0.39, 0.29) is 6.04 Å². The Balaban J connectivity index is 2.20. The van der Waals surface area contributed by atoms with Crippen LogP contribution in [0.5, 0.6) is 0 Å². The van der Waals surface area contributed by atoms with Gasteiger partial charge in [-0.2, -0.15) is 0 Å². The molecule has 0 aliphatic rings. The van der Waals surface area contributed by atoms with Crippen molar-refractivity contribution >= 4 is 35.0 Å². The quantitative estimate of drug-likeness (QED) is 0.644. The summed E-state index contributed by atoms with van der Waals surface area (Å²) in [6, 6.07) is 9.81. The van der Waals surface area contributed by atoms with Crippen LogP contribution in [0.15, 0.2) is 35.5 Å². The smallest absolute Gasteiger partial charge is 0.191 e. The minimum Gasteiger partial charge on any atom is -0.373 e. The van der Waals surface area contributed by atoms with Crippen LogP contribution in [0.4, 0.5) is 11.6 Å². The highest BCUT2D eigenvalue weighted by atomic mass is 35.5. The van der Waals surface area contributed by atoms with Crippen LogP contribution < -0.4 is 10.6 Å². The van der Waals surface area contributed by atoms with E-state index >= 15 is 0 Å². The van der Waals surface area contributed by atoms with E-state index in [1.54, 1.807) is 0 Å². The molecule has 0 spiro atoms. The molecule has 0 bridgehead atoms. The van der Waals surface area contributed by atoms with Gasteiger partial charge in [0.25, 0.3) is 0 Å². The number of hydrogen-bond acceptors (Lipinski definition) is 5. The SMILES string of the molecule is CNc1cc(NC(C)c2cccc(Cl)c2)nc(SC)n1. The molecule has 1 aromatic heterocycles. The van der Waals surface area contributed by atoms with Crippen LogP contribution in [0, 0.1) is 0 Å². The molecule has 0 saturated heterocycles. The maximum atomic E-state index is 6.02. The summed E-state index contributed by atoms with van der Waals surface area (Å²) in [6.45, 7) is 2.07. The van der Waals surface area contributed by atoms with Crippen molar-refractivity contribution < 1.29 is 0 Å². The Hall–Kier alpha value is -1.46. The van der Waals surface area contributed by atoms with Crippen LogP contribution in [0.1, 0.15) is 18.5 Å². The highest BCUT2D eigenvalue weighted by Gasteiger charge is 2.09. The van der Waals surface area contributed by atoms with Crippen LogP contribution in [-0.2, 0) is 0 Å². The lowest BCUT2D eigenvalue weighted by atomic mass is 10.1. The first-order valence-corrected chi connectivity index (χ1v) is 7.85. The van der Waals surface area contributed by atoms with Crippen LogP contribution in [0.3, 0.4) is 0 Å². The fraction of sp³-hybridized carbons (Fsp3) is 0.286. The Bertz CT molecular complexity index is 569. The number of rotatable bonds is 5. The molecule has 2 rings (SSSR count). The van der Waals surface area contributed by atoms with E-state index in [2.05, 4.69) is 27.5 Å². The predicted molar refractivity (Wildman–Crippen MR) is 86.8 cm³/mol. The van der Waals surface area contributed by atoms with Crippen molar-refractivity contribution in [1.29, 1.82) is 0 Å². The molecule has 0 aliphatic heterocycles. The number of halogens is 1. The van der Waals surface area contributed by atoms with Crippen molar-refractivity contribution in [2.24, 2.45) is 0 Å². The minimum absolute atomic E-state index is 0.114. The molecule has 2 aromatic rings. The summed E-state index contributed by atoms with van der Waals surface area (Å²) in [5.74, 6) is 1.59. The fourth-order valence-corrected chi connectivity index (χ4v) is 2.38. The molecule has 1 aromatic carbocycles. The average Bonchev–Trinajstić information content (AvgIpc) is 2.46. The van der Waals surface area contributed by atoms with Crippen LogP contribution in [0.25, 0.3) is 0 Å². The molecule has 0 saturated carbocycles. The van der Waals surface area contributed by atoms with Gasteiger partial charge in [0.15, 0.2) is 5.16 Å². The number of thioether (sulfide) groups is 1. The van der Waals surface area contributed by atoms with Crippen molar-refractivity contribution in [3.05, 3.63) is 40.9 Å². The normalized spacial score (nSPS) is 12.0. The van der Waals surface area contributed by atoms with E-state index in [0.717, 1.165) is 27.4 Å². The Morgan fingerprint density at radius 1 is 1.20 bits per heavy atom. The van der Waals surface area contributed by atoms with E-state index in [1.807, 2.05) is 43.6 Å². The summed E-state index contributed by atoms with van der Waals surface area (Å²) in [5.41, 5.74) is 1.12. The lowest BCUT2D eigenvalue weighted by molar-refractivity contribution is 0.856. The zero-order chi connectivity index (χ0) is 14.5. The maximum absolute atomic E-state index is 6.02. The third kappa shape index (κ3) is 3.77. The second kappa shape index (κ2) is 6.81. The Kier molecular flexibility index (Phi) is 5.09. The minimum atomic E-state index is 0.114. The van der Waals surface area contributed by atoms with E-state index in [4.69, 9.17) is 11.6 Å². The van der Waals surface area contributed by atoms with E-state index in [0.29, 0.717) is 0 Å². The van der Waals surface area contributed by atoms with E-state index in [1.165, 1.54) is 11.8 Å². The molecule has 0 amide bonds. The van der Waals surface area contributed by atoms with Gasteiger partial charge in [-0.05, 0) is 30.9 Å². The van der Waals surface area contributed by atoms with Gasteiger partial charge in [0.2, 0.25) is 0 Å². The average molecular weight is 309 g/mol. The second-order valence-electron chi connectivity index (χ2n) is 4.30. The second-order valence-corrected chi connectivity index (χ2v) is 5.51. The molecule has 0 radical (unpaired) electrons. The molecule has 106 valence electrons. The first kappa shape index (κ1) is 14.9. The maximum Gasteiger partial charge on any atom is 0.191 e. The predicted octanol–water partition coefficient (Wildman–Crippen LogP) is 4.07. The summed E-state index contributed by atoms with van der Waals surface area (Å²) in [4.78, 5) is 8.80. The van der Waals surface area contributed by atoms with Crippen molar-refractivity contribution in [3.63, 3.8) is 0 Å².